The van der Waals surface area contributed by atoms with Gasteiger partial charge in [0.25, 0.3) is 5.91 Å². The van der Waals surface area contributed by atoms with Crippen LogP contribution in [-0.4, -0.2) is 12.1 Å². The summed E-state index contributed by atoms with van der Waals surface area (Å²) in [4.78, 5) is 11.9. The third-order valence-corrected chi connectivity index (χ3v) is 3.18. The van der Waals surface area contributed by atoms with E-state index in [2.05, 4.69) is 10.5 Å². The fourth-order valence-electron chi connectivity index (χ4n) is 1.55. The van der Waals surface area contributed by atoms with Gasteiger partial charge in [-0.15, -0.1) is 0 Å². The monoisotopic (exact) mass is 306 g/mol. The van der Waals surface area contributed by atoms with E-state index in [9.17, 15) is 4.79 Å². The van der Waals surface area contributed by atoms with Gasteiger partial charge in [-0.2, -0.15) is 5.10 Å². The van der Waals surface area contributed by atoms with Crippen LogP contribution in [0.2, 0.25) is 10.0 Å². The Kier molecular flexibility index (Phi) is 4.77. The molecule has 20 heavy (non-hydrogen) atoms. The first kappa shape index (κ1) is 14.6. The van der Waals surface area contributed by atoms with Crippen molar-refractivity contribution in [3.8, 4) is 0 Å². The molecule has 2 rings (SSSR count). The van der Waals surface area contributed by atoms with Gasteiger partial charge < -0.3 is 0 Å². The van der Waals surface area contributed by atoms with Gasteiger partial charge in [-0.1, -0.05) is 53.0 Å². The summed E-state index contributed by atoms with van der Waals surface area (Å²) in [5.41, 5.74) is 4.82. The highest BCUT2D eigenvalue weighted by molar-refractivity contribution is 6.36. The molecule has 0 aliphatic rings. The number of hydrazone groups is 1. The molecule has 0 aromatic heterocycles. The maximum Gasteiger partial charge on any atom is 0.272 e. The molecule has 102 valence electrons. The molecule has 0 spiro atoms. The summed E-state index contributed by atoms with van der Waals surface area (Å²) in [6.45, 7) is 2.01. The Labute approximate surface area is 127 Å². The van der Waals surface area contributed by atoms with Gasteiger partial charge in [-0.05, 0) is 30.7 Å². The third kappa shape index (κ3) is 3.83. The van der Waals surface area contributed by atoms with Crippen LogP contribution in [0.15, 0.2) is 47.6 Å². The lowest BCUT2D eigenvalue weighted by molar-refractivity contribution is 0.0955. The number of carbonyl (C=O) groups excluding carboxylic acids is 1. The Morgan fingerprint density at radius 2 is 1.85 bits per heavy atom. The number of aryl methyl sites for hydroxylation is 1. The summed E-state index contributed by atoms with van der Waals surface area (Å²) in [6, 6.07) is 12.5. The molecule has 1 N–H and O–H groups in total. The van der Waals surface area contributed by atoms with E-state index in [1.54, 1.807) is 18.3 Å². The first-order valence-electron chi connectivity index (χ1n) is 5.91. The normalized spacial score (nSPS) is 10.8. The molecule has 0 atom stereocenters. The highest BCUT2D eigenvalue weighted by Gasteiger charge is 2.09. The topological polar surface area (TPSA) is 41.5 Å². The molecule has 3 nitrogen and oxygen atoms in total. The van der Waals surface area contributed by atoms with Crippen LogP contribution in [0.1, 0.15) is 21.5 Å². The van der Waals surface area contributed by atoms with E-state index in [1.807, 2.05) is 31.2 Å². The van der Waals surface area contributed by atoms with Crippen LogP contribution >= 0.6 is 23.2 Å². The molecular weight excluding hydrogens is 295 g/mol. The predicted molar refractivity (Wildman–Crippen MR) is 82.7 cm³/mol. The zero-order valence-electron chi connectivity index (χ0n) is 10.7. The molecule has 0 saturated carbocycles. The number of amides is 1. The van der Waals surface area contributed by atoms with E-state index in [0.29, 0.717) is 15.6 Å². The van der Waals surface area contributed by atoms with E-state index < -0.39 is 0 Å². The summed E-state index contributed by atoms with van der Waals surface area (Å²) >= 11 is 11.7. The van der Waals surface area contributed by atoms with Crippen molar-refractivity contribution in [3.63, 3.8) is 0 Å². The molecule has 0 heterocycles. The molecule has 0 fully saturated rings. The van der Waals surface area contributed by atoms with Gasteiger partial charge >= 0.3 is 0 Å². The second-order valence-corrected chi connectivity index (χ2v) is 5.08. The number of benzene rings is 2. The first-order chi connectivity index (χ1) is 9.56. The van der Waals surface area contributed by atoms with Crippen molar-refractivity contribution >= 4 is 35.3 Å². The molecule has 0 aliphatic carbocycles. The van der Waals surface area contributed by atoms with E-state index >= 15 is 0 Å². The number of halogens is 2. The maximum atomic E-state index is 11.9. The van der Waals surface area contributed by atoms with Crippen molar-refractivity contribution in [2.24, 2.45) is 5.10 Å². The molecule has 0 saturated heterocycles. The quantitative estimate of drug-likeness (QED) is 0.674. The Bertz CT molecular complexity index is 651. The fourth-order valence-corrected chi connectivity index (χ4v) is 2.05. The number of hydrogen-bond donors (Lipinski definition) is 1. The standard InChI is InChI=1S/C15H12Cl2N2O/c1-10-2-4-11(5-3-10)9-18-19-15(20)13-7-6-12(16)8-14(13)17/h2-9H,1H3,(H,19,20). The van der Waals surface area contributed by atoms with Crippen molar-refractivity contribution in [2.75, 3.05) is 0 Å². The molecule has 1 amide bonds. The highest BCUT2D eigenvalue weighted by atomic mass is 35.5. The van der Waals surface area contributed by atoms with Crippen LogP contribution in [-0.2, 0) is 0 Å². The minimum atomic E-state index is -0.380. The Balaban J connectivity index is 2.03. The number of rotatable bonds is 3. The summed E-state index contributed by atoms with van der Waals surface area (Å²) in [5, 5.41) is 4.67. The number of hydrogen-bond acceptors (Lipinski definition) is 2. The SMILES string of the molecule is Cc1ccc(C=NNC(=O)c2ccc(Cl)cc2Cl)cc1. The van der Waals surface area contributed by atoms with Gasteiger partial charge in [-0.25, -0.2) is 5.43 Å². The van der Waals surface area contributed by atoms with Crippen molar-refractivity contribution in [2.45, 2.75) is 6.92 Å². The average molecular weight is 307 g/mol. The molecule has 0 unspecified atom stereocenters. The van der Waals surface area contributed by atoms with Crippen LogP contribution in [0.5, 0.6) is 0 Å². The second-order valence-electron chi connectivity index (χ2n) is 4.23. The maximum absolute atomic E-state index is 11.9. The summed E-state index contributed by atoms with van der Waals surface area (Å²) in [5.74, 6) is -0.380. The lowest BCUT2D eigenvalue weighted by atomic mass is 10.2. The Hall–Kier alpha value is -1.84. The zero-order valence-corrected chi connectivity index (χ0v) is 12.2. The summed E-state index contributed by atoms with van der Waals surface area (Å²) < 4.78 is 0. The largest absolute Gasteiger partial charge is 0.272 e. The fraction of sp³-hybridized carbons (Fsp3) is 0.0667. The highest BCUT2D eigenvalue weighted by Crippen LogP contribution is 2.20. The molecule has 0 aliphatic heterocycles. The molecule has 5 heteroatoms. The van der Waals surface area contributed by atoms with Gasteiger partial charge in [0.1, 0.15) is 0 Å². The van der Waals surface area contributed by atoms with E-state index in [0.717, 1.165) is 5.56 Å². The molecule has 0 radical (unpaired) electrons. The van der Waals surface area contributed by atoms with Gasteiger partial charge in [0.2, 0.25) is 0 Å². The molecule has 2 aromatic rings. The van der Waals surface area contributed by atoms with Crippen molar-refractivity contribution < 1.29 is 4.79 Å². The van der Waals surface area contributed by atoms with Crippen LogP contribution in [0.4, 0.5) is 0 Å². The first-order valence-corrected chi connectivity index (χ1v) is 6.67. The van der Waals surface area contributed by atoms with Crippen molar-refractivity contribution in [1.29, 1.82) is 0 Å². The lowest BCUT2D eigenvalue weighted by Crippen LogP contribution is -2.18. The summed E-state index contributed by atoms with van der Waals surface area (Å²) in [7, 11) is 0. The molecule has 0 bridgehead atoms. The second kappa shape index (κ2) is 6.55. The van der Waals surface area contributed by atoms with Gasteiger partial charge in [0.15, 0.2) is 0 Å². The third-order valence-electron chi connectivity index (χ3n) is 2.63. The summed E-state index contributed by atoms with van der Waals surface area (Å²) in [6.07, 6.45) is 1.57. The smallest absolute Gasteiger partial charge is 0.267 e. The number of carbonyl (C=O) groups is 1. The van der Waals surface area contributed by atoms with Gasteiger partial charge in [-0.3, -0.25) is 4.79 Å². The van der Waals surface area contributed by atoms with Crippen LogP contribution in [0.3, 0.4) is 0 Å². The zero-order chi connectivity index (χ0) is 14.5. The molecular formula is C15H12Cl2N2O. The number of nitrogens with one attached hydrogen (secondary N) is 1. The van der Waals surface area contributed by atoms with Crippen molar-refractivity contribution in [3.05, 3.63) is 69.2 Å². The van der Waals surface area contributed by atoms with Gasteiger partial charge in [0.05, 0.1) is 16.8 Å². The minimum absolute atomic E-state index is 0.292. The Morgan fingerprint density at radius 1 is 1.15 bits per heavy atom. The minimum Gasteiger partial charge on any atom is -0.267 e. The van der Waals surface area contributed by atoms with Gasteiger partial charge in [0, 0.05) is 5.02 Å². The lowest BCUT2D eigenvalue weighted by Gasteiger charge is -2.02. The van der Waals surface area contributed by atoms with E-state index in [1.165, 1.54) is 11.6 Å². The van der Waals surface area contributed by atoms with Crippen molar-refractivity contribution in [1.82, 2.24) is 5.43 Å². The Morgan fingerprint density at radius 3 is 2.50 bits per heavy atom. The van der Waals surface area contributed by atoms with E-state index in [-0.39, 0.29) is 5.91 Å². The predicted octanol–water partition coefficient (Wildman–Crippen LogP) is 4.07. The van der Waals surface area contributed by atoms with E-state index in [4.69, 9.17) is 23.2 Å². The number of nitrogens with zero attached hydrogens (tertiary/aromatic N) is 1. The van der Waals surface area contributed by atoms with Crippen LogP contribution < -0.4 is 5.43 Å². The average Bonchev–Trinajstić information content (AvgIpc) is 2.41. The molecule has 2 aromatic carbocycles. The van der Waals surface area contributed by atoms with Crippen LogP contribution in [0.25, 0.3) is 0 Å². The van der Waals surface area contributed by atoms with Crippen LogP contribution in [0, 0.1) is 6.92 Å².